The SMILES string of the molecule is CN1CCN2CC[C@](C)(O)c3cccc(c32)C1. The summed E-state index contributed by atoms with van der Waals surface area (Å²) in [6.07, 6.45) is 0.827. The summed E-state index contributed by atoms with van der Waals surface area (Å²) in [5.41, 5.74) is 3.08. The molecule has 2 aliphatic rings. The van der Waals surface area contributed by atoms with Gasteiger partial charge in [-0.1, -0.05) is 18.2 Å². The first-order chi connectivity index (χ1) is 8.08. The van der Waals surface area contributed by atoms with E-state index in [2.05, 4.69) is 35.0 Å². The van der Waals surface area contributed by atoms with E-state index in [1.807, 2.05) is 6.92 Å². The minimum Gasteiger partial charge on any atom is -0.385 e. The lowest BCUT2D eigenvalue weighted by Gasteiger charge is -2.39. The summed E-state index contributed by atoms with van der Waals surface area (Å²) in [7, 11) is 2.16. The molecule has 0 fully saturated rings. The third-order valence-corrected chi connectivity index (χ3v) is 4.08. The second kappa shape index (κ2) is 3.72. The molecule has 0 radical (unpaired) electrons. The van der Waals surface area contributed by atoms with E-state index in [4.69, 9.17) is 0 Å². The second-order valence-corrected chi connectivity index (χ2v) is 5.56. The quantitative estimate of drug-likeness (QED) is 0.735. The Morgan fingerprint density at radius 2 is 2.06 bits per heavy atom. The van der Waals surface area contributed by atoms with E-state index in [0.29, 0.717) is 0 Å². The zero-order chi connectivity index (χ0) is 12.0. The molecule has 1 atom stereocenters. The molecule has 1 N–H and O–H groups in total. The molecule has 1 aromatic carbocycles. The van der Waals surface area contributed by atoms with E-state index < -0.39 is 5.60 Å². The minimum absolute atomic E-state index is 0.662. The number of benzene rings is 1. The highest BCUT2D eigenvalue weighted by Crippen LogP contribution is 2.41. The molecule has 0 saturated carbocycles. The van der Waals surface area contributed by atoms with Gasteiger partial charge in [-0.05, 0) is 26.0 Å². The fraction of sp³-hybridized carbons (Fsp3) is 0.571. The van der Waals surface area contributed by atoms with Gasteiger partial charge in [0.15, 0.2) is 0 Å². The van der Waals surface area contributed by atoms with Gasteiger partial charge in [-0.25, -0.2) is 0 Å². The first-order valence-electron chi connectivity index (χ1n) is 6.36. The highest BCUT2D eigenvalue weighted by atomic mass is 16.3. The van der Waals surface area contributed by atoms with Crippen molar-refractivity contribution in [3.8, 4) is 0 Å². The molecule has 1 aromatic rings. The van der Waals surface area contributed by atoms with Gasteiger partial charge >= 0.3 is 0 Å². The van der Waals surface area contributed by atoms with E-state index in [1.165, 1.54) is 11.3 Å². The average molecular weight is 232 g/mol. The van der Waals surface area contributed by atoms with E-state index in [9.17, 15) is 5.11 Å². The lowest BCUT2D eigenvalue weighted by atomic mass is 9.85. The summed E-state index contributed by atoms with van der Waals surface area (Å²) in [4.78, 5) is 4.79. The third-order valence-electron chi connectivity index (χ3n) is 4.08. The van der Waals surface area contributed by atoms with E-state index >= 15 is 0 Å². The van der Waals surface area contributed by atoms with Gasteiger partial charge in [-0.15, -0.1) is 0 Å². The highest BCUT2D eigenvalue weighted by Gasteiger charge is 2.35. The number of aliphatic hydroxyl groups is 1. The lowest BCUT2D eigenvalue weighted by Crippen LogP contribution is -2.40. The van der Waals surface area contributed by atoms with Gasteiger partial charge in [0, 0.05) is 37.4 Å². The van der Waals surface area contributed by atoms with Crippen LogP contribution in [0.4, 0.5) is 5.69 Å². The molecule has 17 heavy (non-hydrogen) atoms. The Balaban J connectivity index is 2.17. The van der Waals surface area contributed by atoms with Crippen molar-refractivity contribution in [2.45, 2.75) is 25.5 Å². The van der Waals surface area contributed by atoms with Crippen molar-refractivity contribution in [2.75, 3.05) is 31.6 Å². The van der Waals surface area contributed by atoms with Gasteiger partial charge in [0.2, 0.25) is 0 Å². The number of likely N-dealkylation sites (N-methyl/N-ethyl adjacent to an activating group) is 1. The van der Waals surface area contributed by atoms with Crippen molar-refractivity contribution in [3.05, 3.63) is 29.3 Å². The third kappa shape index (κ3) is 1.74. The maximum absolute atomic E-state index is 10.5. The summed E-state index contributed by atoms with van der Waals surface area (Å²) in [6.45, 7) is 6.04. The Bertz CT molecular complexity index is 442. The van der Waals surface area contributed by atoms with Crippen LogP contribution in [0.1, 0.15) is 24.5 Å². The predicted octanol–water partition coefficient (Wildman–Crippen LogP) is 1.55. The monoisotopic (exact) mass is 232 g/mol. The maximum atomic E-state index is 10.5. The largest absolute Gasteiger partial charge is 0.385 e. The molecule has 0 aromatic heterocycles. The van der Waals surface area contributed by atoms with Crippen molar-refractivity contribution >= 4 is 5.69 Å². The van der Waals surface area contributed by atoms with Crippen molar-refractivity contribution in [3.63, 3.8) is 0 Å². The van der Waals surface area contributed by atoms with E-state index in [0.717, 1.165) is 38.2 Å². The predicted molar refractivity (Wildman–Crippen MR) is 69.2 cm³/mol. The van der Waals surface area contributed by atoms with Crippen LogP contribution in [-0.2, 0) is 12.1 Å². The van der Waals surface area contributed by atoms with Crippen LogP contribution in [0.3, 0.4) is 0 Å². The van der Waals surface area contributed by atoms with Crippen LogP contribution in [0.2, 0.25) is 0 Å². The zero-order valence-corrected chi connectivity index (χ0v) is 10.6. The number of hydrogen-bond donors (Lipinski definition) is 1. The lowest BCUT2D eigenvalue weighted by molar-refractivity contribution is 0.0456. The van der Waals surface area contributed by atoms with E-state index in [1.54, 1.807) is 0 Å². The molecule has 2 heterocycles. The Morgan fingerprint density at radius 1 is 1.24 bits per heavy atom. The number of hydrogen-bond acceptors (Lipinski definition) is 3. The summed E-state index contributed by atoms with van der Waals surface area (Å²) in [6, 6.07) is 6.34. The smallest absolute Gasteiger partial charge is 0.0905 e. The molecule has 92 valence electrons. The van der Waals surface area contributed by atoms with Gasteiger partial charge in [0.05, 0.1) is 5.60 Å². The Labute approximate surface area is 103 Å². The van der Waals surface area contributed by atoms with Gasteiger partial charge in [-0.3, -0.25) is 0 Å². The summed E-state index contributed by atoms with van der Waals surface area (Å²) >= 11 is 0. The molecule has 3 nitrogen and oxygen atoms in total. The standard InChI is InChI=1S/C14H20N2O/c1-14(17)6-7-16-9-8-15(2)10-11-4-3-5-12(14)13(11)16/h3-5,17H,6-10H2,1-2H3/t14-/m0/s1. The molecular weight excluding hydrogens is 212 g/mol. The number of nitrogens with zero attached hydrogens (tertiary/aromatic N) is 2. The van der Waals surface area contributed by atoms with Crippen molar-refractivity contribution in [2.24, 2.45) is 0 Å². The first kappa shape index (κ1) is 11.1. The second-order valence-electron chi connectivity index (χ2n) is 5.56. The summed E-state index contributed by atoms with van der Waals surface area (Å²) in [5.74, 6) is 0. The molecule has 0 amide bonds. The highest BCUT2D eigenvalue weighted by molar-refractivity contribution is 5.64. The topological polar surface area (TPSA) is 26.7 Å². The molecule has 2 aliphatic heterocycles. The van der Waals surface area contributed by atoms with Crippen LogP contribution in [0.25, 0.3) is 0 Å². The summed E-state index contributed by atoms with van der Waals surface area (Å²) in [5, 5.41) is 10.5. The Kier molecular flexibility index (Phi) is 2.42. The normalized spacial score (nSPS) is 28.8. The summed E-state index contributed by atoms with van der Waals surface area (Å²) < 4.78 is 0. The van der Waals surface area contributed by atoms with Gasteiger partial charge < -0.3 is 14.9 Å². The molecule has 3 heteroatoms. The number of para-hydroxylation sites is 1. The van der Waals surface area contributed by atoms with Crippen molar-refractivity contribution in [1.29, 1.82) is 0 Å². The average Bonchev–Trinajstić information content (AvgIpc) is 2.44. The molecule has 0 unspecified atom stereocenters. The molecule has 0 saturated heterocycles. The van der Waals surface area contributed by atoms with Crippen LogP contribution in [0.5, 0.6) is 0 Å². The van der Waals surface area contributed by atoms with E-state index in [-0.39, 0.29) is 0 Å². The number of anilines is 1. The number of rotatable bonds is 0. The van der Waals surface area contributed by atoms with Gasteiger partial charge in [0.25, 0.3) is 0 Å². The molecular formula is C14H20N2O. The molecule has 0 bridgehead atoms. The van der Waals surface area contributed by atoms with Crippen molar-refractivity contribution in [1.82, 2.24) is 4.90 Å². The van der Waals surface area contributed by atoms with Crippen LogP contribution in [-0.4, -0.2) is 36.7 Å². The van der Waals surface area contributed by atoms with Crippen LogP contribution < -0.4 is 4.90 Å². The Hall–Kier alpha value is -1.06. The first-order valence-corrected chi connectivity index (χ1v) is 6.36. The van der Waals surface area contributed by atoms with Crippen LogP contribution in [0, 0.1) is 0 Å². The van der Waals surface area contributed by atoms with Gasteiger partial charge in [-0.2, -0.15) is 0 Å². The molecule has 3 rings (SSSR count). The maximum Gasteiger partial charge on any atom is 0.0905 e. The van der Waals surface area contributed by atoms with Crippen LogP contribution in [0.15, 0.2) is 18.2 Å². The fourth-order valence-corrected chi connectivity index (χ4v) is 3.01. The minimum atomic E-state index is -0.662. The van der Waals surface area contributed by atoms with Crippen molar-refractivity contribution < 1.29 is 5.11 Å². The Morgan fingerprint density at radius 3 is 2.88 bits per heavy atom. The fourth-order valence-electron chi connectivity index (χ4n) is 3.01. The zero-order valence-electron chi connectivity index (χ0n) is 10.6. The molecule has 0 aliphatic carbocycles. The molecule has 0 spiro atoms. The van der Waals surface area contributed by atoms with Gasteiger partial charge in [0.1, 0.15) is 0 Å². The van der Waals surface area contributed by atoms with Crippen LogP contribution >= 0.6 is 0 Å².